The van der Waals surface area contributed by atoms with Crippen molar-refractivity contribution >= 4 is 16.7 Å². The van der Waals surface area contributed by atoms with Gasteiger partial charge in [-0.3, -0.25) is 0 Å². The van der Waals surface area contributed by atoms with Gasteiger partial charge in [-0.15, -0.1) is 0 Å². The lowest BCUT2D eigenvalue weighted by Gasteiger charge is -1.98. The molecule has 0 aromatic carbocycles. The van der Waals surface area contributed by atoms with E-state index in [1.165, 1.54) is 7.11 Å². The predicted molar refractivity (Wildman–Crippen MR) is 47.4 cm³/mol. The van der Waals surface area contributed by atoms with E-state index in [0.717, 1.165) is 10.8 Å². The van der Waals surface area contributed by atoms with Gasteiger partial charge in [0.2, 0.25) is 0 Å². The molecule has 0 bridgehead atoms. The van der Waals surface area contributed by atoms with Gasteiger partial charge in [-0.2, -0.15) is 0 Å². The minimum absolute atomic E-state index is 0.348. The fraction of sp³-hybridized carbons (Fsp3) is 0.111. The highest BCUT2D eigenvalue weighted by Crippen LogP contribution is 2.15. The summed E-state index contributed by atoms with van der Waals surface area (Å²) in [6, 6.07) is 1.83. The van der Waals surface area contributed by atoms with Crippen LogP contribution in [0.5, 0.6) is 0 Å². The first-order chi connectivity index (χ1) is 6.33. The van der Waals surface area contributed by atoms with Gasteiger partial charge in [-0.1, -0.05) is 0 Å². The van der Waals surface area contributed by atoms with Crippen molar-refractivity contribution < 1.29 is 9.53 Å². The molecule has 0 radical (unpaired) electrons. The Bertz CT molecular complexity index is 448. The van der Waals surface area contributed by atoms with Gasteiger partial charge in [0.15, 0.2) is 5.69 Å². The second-order valence-electron chi connectivity index (χ2n) is 2.61. The van der Waals surface area contributed by atoms with Crippen molar-refractivity contribution in [1.82, 2.24) is 9.97 Å². The number of esters is 1. The minimum atomic E-state index is -0.412. The molecule has 2 aromatic heterocycles. The molecule has 0 saturated carbocycles. The molecule has 2 heterocycles. The van der Waals surface area contributed by atoms with Crippen molar-refractivity contribution in [1.29, 1.82) is 0 Å². The van der Waals surface area contributed by atoms with E-state index in [-0.39, 0.29) is 0 Å². The van der Waals surface area contributed by atoms with E-state index in [1.54, 1.807) is 12.4 Å². The molecule has 2 rings (SSSR count). The lowest BCUT2D eigenvalue weighted by molar-refractivity contribution is 0.0596. The van der Waals surface area contributed by atoms with E-state index in [4.69, 9.17) is 0 Å². The van der Waals surface area contributed by atoms with Crippen molar-refractivity contribution in [3.05, 3.63) is 30.4 Å². The van der Waals surface area contributed by atoms with Crippen molar-refractivity contribution in [3.8, 4) is 0 Å². The molecule has 66 valence electrons. The maximum Gasteiger partial charge on any atom is 0.357 e. The van der Waals surface area contributed by atoms with Crippen LogP contribution in [0.4, 0.5) is 0 Å². The van der Waals surface area contributed by atoms with E-state index in [9.17, 15) is 4.79 Å². The number of nitrogens with zero attached hydrogens (tertiary/aromatic N) is 1. The second-order valence-corrected chi connectivity index (χ2v) is 2.61. The number of pyridine rings is 1. The predicted octanol–water partition coefficient (Wildman–Crippen LogP) is 1.35. The summed E-state index contributed by atoms with van der Waals surface area (Å²) < 4.78 is 4.60. The molecule has 0 fully saturated rings. The number of rotatable bonds is 1. The SMILES string of the molecule is COC(=O)c1nccc2c[nH]cc12. The highest BCUT2D eigenvalue weighted by Gasteiger charge is 2.11. The molecular formula is C9H8N2O2. The summed E-state index contributed by atoms with van der Waals surface area (Å²) in [6.45, 7) is 0. The zero-order chi connectivity index (χ0) is 9.26. The third kappa shape index (κ3) is 1.16. The first-order valence-electron chi connectivity index (χ1n) is 3.83. The van der Waals surface area contributed by atoms with E-state index in [1.807, 2.05) is 12.3 Å². The summed E-state index contributed by atoms with van der Waals surface area (Å²) >= 11 is 0. The van der Waals surface area contributed by atoms with Crippen LogP contribution in [0.25, 0.3) is 10.8 Å². The first kappa shape index (κ1) is 7.79. The van der Waals surface area contributed by atoms with Crippen molar-refractivity contribution in [2.75, 3.05) is 7.11 Å². The van der Waals surface area contributed by atoms with Crippen LogP contribution in [-0.4, -0.2) is 23.0 Å². The monoisotopic (exact) mass is 176 g/mol. The zero-order valence-electron chi connectivity index (χ0n) is 7.07. The molecule has 4 nitrogen and oxygen atoms in total. The Balaban J connectivity index is 2.67. The molecule has 1 N–H and O–H groups in total. The molecule has 4 heteroatoms. The van der Waals surface area contributed by atoms with E-state index < -0.39 is 5.97 Å². The molecule has 2 aromatic rings. The number of hydrogen-bond acceptors (Lipinski definition) is 3. The smallest absolute Gasteiger partial charge is 0.357 e. The summed E-state index contributed by atoms with van der Waals surface area (Å²) in [4.78, 5) is 18.1. The lowest BCUT2D eigenvalue weighted by Crippen LogP contribution is -2.03. The third-order valence-corrected chi connectivity index (χ3v) is 1.87. The summed E-state index contributed by atoms with van der Waals surface area (Å²) in [5.74, 6) is -0.412. The van der Waals surface area contributed by atoms with Crippen LogP contribution < -0.4 is 0 Å². The van der Waals surface area contributed by atoms with Gasteiger partial charge < -0.3 is 9.72 Å². The minimum Gasteiger partial charge on any atom is -0.464 e. The van der Waals surface area contributed by atoms with Gasteiger partial charge in [0.1, 0.15) is 0 Å². The molecule has 0 atom stereocenters. The number of H-pyrrole nitrogens is 1. The Morgan fingerprint density at radius 1 is 1.54 bits per heavy atom. The molecular weight excluding hydrogens is 168 g/mol. The fourth-order valence-corrected chi connectivity index (χ4v) is 1.24. The summed E-state index contributed by atoms with van der Waals surface area (Å²) in [5, 5.41) is 1.74. The lowest BCUT2D eigenvalue weighted by atomic mass is 10.2. The summed E-state index contributed by atoms with van der Waals surface area (Å²) in [5.41, 5.74) is 0.348. The topological polar surface area (TPSA) is 55.0 Å². The van der Waals surface area contributed by atoms with Gasteiger partial charge in [0.05, 0.1) is 7.11 Å². The second kappa shape index (κ2) is 2.90. The first-order valence-corrected chi connectivity index (χ1v) is 3.83. The Morgan fingerprint density at radius 3 is 3.15 bits per heavy atom. The number of ether oxygens (including phenoxy) is 1. The standard InChI is InChI=1S/C9H8N2O2/c1-13-9(12)8-7-5-10-4-6(7)2-3-11-8/h2-5,10H,1H3. The van der Waals surface area contributed by atoms with Crippen LogP contribution >= 0.6 is 0 Å². The molecule has 0 aliphatic carbocycles. The fourth-order valence-electron chi connectivity index (χ4n) is 1.24. The maximum absolute atomic E-state index is 11.2. The largest absolute Gasteiger partial charge is 0.464 e. The normalized spacial score (nSPS) is 10.2. The number of aromatic nitrogens is 2. The molecule has 0 aliphatic rings. The van der Waals surface area contributed by atoms with Crippen molar-refractivity contribution in [2.45, 2.75) is 0 Å². The van der Waals surface area contributed by atoms with Gasteiger partial charge in [-0.05, 0) is 6.07 Å². The van der Waals surface area contributed by atoms with Crippen LogP contribution in [-0.2, 0) is 4.74 Å². The Hall–Kier alpha value is -1.84. The Morgan fingerprint density at radius 2 is 2.38 bits per heavy atom. The zero-order valence-corrected chi connectivity index (χ0v) is 7.07. The molecule has 0 aliphatic heterocycles. The number of carbonyl (C=O) groups excluding carboxylic acids is 1. The Kier molecular flexibility index (Phi) is 1.73. The number of fused-ring (bicyclic) bond motifs is 1. The average molecular weight is 176 g/mol. The quantitative estimate of drug-likeness (QED) is 0.667. The number of methoxy groups -OCH3 is 1. The number of carbonyl (C=O) groups is 1. The number of nitrogens with one attached hydrogen (secondary N) is 1. The van der Waals surface area contributed by atoms with Crippen LogP contribution in [0.3, 0.4) is 0 Å². The average Bonchev–Trinajstić information content (AvgIpc) is 2.63. The summed E-state index contributed by atoms with van der Waals surface area (Å²) in [7, 11) is 1.34. The highest BCUT2D eigenvalue weighted by atomic mass is 16.5. The maximum atomic E-state index is 11.2. The highest BCUT2D eigenvalue weighted by molar-refractivity contribution is 6.02. The van der Waals surface area contributed by atoms with Crippen LogP contribution in [0.1, 0.15) is 10.5 Å². The van der Waals surface area contributed by atoms with Crippen LogP contribution in [0.15, 0.2) is 24.7 Å². The molecule has 0 unspecified atom stereocenters. The van der Waals surface area contributed by atoms with Crippen LogP contribution in [0.2, 0.25) is 0 Å². The van der Waals surface area contributed by atoms with Crippen LogP contribution in [0, 0.1) is 0 Å². The molecule has 0 saturated heterocycles. The number of hydrogen-bond donors (Lipinski definition) is 1. The van der Waals surface area contributed by atoms with Crippen molar-refractivity contribution in [2.24, 2.45) is 0 Å². The van der Waals surface area contributed by atoms with E-state index >= 15 is 0 Å². The summed E-state index contributed by atoms with van der Waals surface area (Å²) in [6.07, 6.45) is 5.13. The van der Waals surface area contributed by atoms with Gasteiger partial charge in [0, 0.05) is 29.4 Å². The van der Waals surface area contributed by atoms with Gasteiger partial charge in [-0.25, -0.2) is 9.78 Å². The van der Waals surface area contributed by atoms with Gasteiger partial charge >= 0.3 is 5.97 Å². The van der Waals surface area contributed by atoms with Gasteiger partial charge in [0.25, 0.3) is 0 Å². The molecule has 0 spiro atoms. The van der Waals surface area contributed by atoms with E-state index in [0.29, 0.717) is 5.69 Å². The number of aromatic amines is 1. The molecule has 0 amide bonds. The molecule has 13 heavy (non-hydrogen) atoms. The van der Waals surface area contributed by atoms with Crippen molar-refractivity contribution in [3.63, 3.8) is 0 Å². The van der Waals surface area contributed by atoms with E-state index in [2.05, 4.69) is 14.7 Å². The third-order valence-electron chi connectivity index (χ3n) is 1.87. The Labute approximate surface area is 74.5 Å².